The van der Waals surface area contributed by atoms with Crippen LogP contribution in [0.25, 0.3) is 0 Å². The van der Waals surface area contributed by atoms with Crippen LogP contribution in [0.1, 0.15) is 51.8 Å². The third kappa shape index (κ3) is 1.92. The number of carbonyl (C=O) groups excluding carboxylic acids is 1. The highest BCUT2D eigenvalue weighted by atomic mass is 16.4. The Balaban J connectivity index is 2.32. The van der Waals surface area contributed by atoms with Gasteiger partial charge in [-0.25, -0.2) is 0 Å². The van der Waals surface area contributed by atoms with Gasteiger partial charge in [0.05, 0.1) is 0 Å². The molecule has 6 heteroatoms. The number of carbonyl (C=O) groups is 3. The van der Waals surface area contributed by atoms with Crippen LogP contribution in [0.4, 0.5) is 0 Å². The van der Waals surface area contributed by atoms with Crippen LogP contribution in [-0.4, -0.2) is 27.9 Å². The van der Waals surface area contributed by atoms with Gasteiger partial charge in [0.15, 0.2) is 11.5 Å². The van der Waals surface area contributed by atoms with Gasteiger partial charge in [-0.1, -0.05) is 24.3 Å². The number of furan rings is 1. The van der Waals surface area contributed by atoms with E-state index in [2.05, 4.69) is 0 Å². The van der Waals surface area contributed by atoms with Gasteiger partial charge in [0.1, 0.15) is 17.6 Å². The molecule has 0 saturated carbocycles. The summed E-state index contributed by atoms with van der Waals surface area (Å²) < 4.78 is 5.39. The molecule has 1 aliphatic carbocycles. The maximum atomic E-state index is 11.7. The highest BCUT2D eigenvalue weighted by Crippen LogP contribution is 2.45. The lowest BCUT2D eigenvalue weighted by atomic mass is 9.76. The zero-order valence-electron chi connectivity index (χ0n) is 11.6. The topological polar surface area (TPSA) is 105 Å². The lowest BCUT2D eigenvalue weighted by Crippen LogP contribution is -2.26. The van der Waals surface area contributed by atoms with Gasteiger partial charge in [-0.05, 0) is 17.2 Å². The second kappa shape index (κ2) is 4.84. The van der Waals surface area contributed by atoms with E-state index in [-0.39, 0.29) is 22.9 Å². The van der Waals surface area contributed by atoms with E-state index >= 15 is 0 Å². The number of hydrogen-bond donors (Lipinski definition) is 2. The number of carboxylic acids is 2. The molecule has 0 aliphatic heterocycles. The molecule has 0 saturated heterocycles. The molecule has 1 aromatic carbocycles. The molecule has 2 aromatic rings. The third-order valence-electron chi connectivity index (χ3n) is 3.82. The van der Waals surface area contributed by atoms with Crippen molar-refractivity contribution in [1.82, 2.24) is 0 Å². The van der Waals surface area contributed by atoms with Crippen molar-refractivity contribution >= 4 is 17.7 Å². The molecule has 0 bridgehead atoms. The van der Waals surface area contributed by atoms with Crippen LogP contribution in [0.15, 0.2) is 34.7 Å². The van der Waals surface area contributed by atoms with E-state index in [0.29, 0.717) is 11.1 Å². The van der Waals surface area contributed by atoms with E-state index < -0.39 is 23.8 Å². The highest BCUT2D eigenvalue weighted by molar-refractivity contribution is 5.94. The quantitative estimate of drug-likeness (QED) is 0.842. The number of carboxylic acid groups (broad SMARTS) is 2. The largest absolute Gasteiger partial charge is 0.481 e. The van der Waals surface area contributed by atoms with Crippen molar-refractivity contribution < 1.29 is 29.0 Å². The fraction of sp³-hybridized carbons (Fsp3) is 0.188. The van der Waals surface area contributed by atoms with Crippen molar-refractivity contribution in [2.75, 3.05) is 0 Å². The summed E-state index contributed by atoms with van der Waals surface area (Å²) in [4.78, 5) is 34.8. The molecule has 0 fully saturated rings. The van der Waals surface area contributed by atoms with Crippen molar-refractivity contribution in [2.45, 2.75) is 18.8 Å². The fourth-order valence-corrected chi connectivity index (χ4v) is 2.90. The summed E-state index contributed by atoms with van der Waals surface area (Å²) in [6, 6.07) is 7.80. The Bertz CT molecular complexity index is 742. The first kappa shape index (κ1) is 14.1. The second-order valence-electron chi connectivity index (χ2n) is 5.16. The Labute approximate surface area is 125 Å². The number of benzene rings is 1. The standard InChI is InChI=1S/C16H12O6/c1-7(17)11-6-10-12(15(18)19)8-4-2-3-5-9(8)13(16(20)21)14(10)22-11/h2-6,12-13H,1H3,(H,18,19)(H,20,21). The van der Waals surface area contributed by atoms with Crippen LogP contribution in [-0.2, 0) is 9.59 Å². The number of Topliss-reactive ketones (excluding diaryl/α,β-unsaturated/α-hetero) is 1. The first-order valence-corrected chi connectivity index (χ1v) is 6.60. The van der Waals surface area contributed by atoms with E-state index in [9.17, 15) is 24.6 Å². The summed E-state index contributed by atoms with van der Waals surface area (Å²) in [7, 11) is 0. The molecule has 0 spiro atoms. The summed E-state index contributed by atoms with van der Waals surface area (Å²) in [6.45, 7) is 1.28. The minimum absolute atomic E-state index is 0.0174. The van der Waals surface area contributed by atoms with Crippen LogP contribution >= 0.6 is 0 Å². The predicted molar refractivity (Wildman–Crippen MR) is 74.1 cm³/mol. The van der Waals surface area contributed by atoms with Crippen molar-refractivity contribution in [3.05, 3.63) is 58.5 Å². The molecule has 0 amide bonds. The number of fused-ring (bicyclic) bond motifs is 2. The summed E-state index contributed by atoms with van der Waals surface area (Å²) in [5.74, 6) is -4.82. The molecule has 0 radical (unpaired) electrons. The maximum absolute atomic E-state index is 11.7. The molecule has 1 heterocycles. The maximum Gasteiger partial charge on any atom is 0.318 e. The highest BCUT2D eigenvalue weighted by Gasteiger charge is 2.42. The summed E-state index contributed by atoms with van der Waals surface area (Å²) in [5, 5.41) is 19.0. The van der Waals surface area contributed by atoms with Gasteiger partial charge in [0, 0.05) is 12.5 Å². The number of rotatable bonds is 3. The molecule has 2 unspecified atom stereocenters. The van der Waals surface area contributed by atoms with Crippen LogP contribution < -0.4 is 0 Å². The van der Waals surface area contributed by atoms with Crippen molar-refractivity contribution in [2.24, 2.45) is 0 Å². The Morgan fingerprint density at radius 2 is 1.50 bits per heavy atom. The van der Waals surface area contributed by atoms with E-state index in [0.717, 1.165) is 0 Å². The van der Waals surface area contributed by atoms with Gasteiger partial charge in [-0.15, -0.1) is 0 Å². The Morgan fingerprint density at radius 3 is 2.00 bits per heavy atom. The number of ketones is 1. The predicted octanol–water partition coefficient (Wildman–Crippen LogP) is 2.23. The Hall–Kier alpha value is -2.89. The molecular weight excluding hydrogens is 288 g/mol. The van der Waals surface area contributed by atoms with E-state index in [1.54, 1.807) is 24.3 Å². The van der Waals surface area contributed by atoms with Crippen molar-refractivity contribution in [3.8, 4) is 0 Å². The van der Waals surface area contributed by atoms with Crippen LogP contribution in [0.3, 0.4) is 0 Å². The summed E-state index contributed by atoms with van der Waals surface area (Å²) in [5.41, 5.74) is 1.01. The lowest BCUT2D eigenvalue weighted by molar-refractivity contribution is -0.140. The fourth-order valence-electron chi connectivity index (χ4n) is 2.90. The summed E-state index contributed by atoms with van der Waals surface area (Å²) >= 11 is 0. The molecule has 112 valence electrons. The second-order valence-corrected chi connectivity index (χ2v) is 5.16. The van der Waals surface area contributed by atoms with Gasteiger partial charge < -0.3 is 14.6 Å². The lowest BCUT2D eigenvalue weighted by Gasteiger charge is -2.26. The minimum atomic E-state index is -1.15. The van der Waals surface area contributed by atoms with Crippen LogP contribution in [0.5, 0.6) is 0 Å². The Morgan fingerprint density at radius 1 is 0.955 bits per heavy atom. The number of hydrogen-bond acceptors (Lipinski definition) is 4. The SMILES string of the molecule is CC(=O)c1cc2c(o1)C(C(=O)O)c1ccccc1C2C(=O)O. The van der Waals surface area contributed by atoms with Gasteiger partial charge >= 0.3 is 11.9 Å². The van der Waals surface area contributed by atoms with Gasteiger partial charge in [0.2, 0.25) is 0 Å². The minimum Gasteiger partial charge on any atom is -0.481 e. The average molecular weight is 300 g/mol. The molecule has 3 rings (SSSR count). The molecular formula is C16H12O6. The van der Waals surface area contributed by atoms with Crippen molar-refractivity contribution in [1.29, 1.82) is 0 Å². The monoisotopic (exact) mass is 300 g/mol. The van der Waals surface area contributed by atoms with Crippen LogP contribution in [0.2, 0.25) is 0 Å². The molecule has 1 aromatic heterocycles. The van der Waals surface area contributed by atoms with Gasteiger partial charge in [-0.2, -0.15) is 0 Å². The van der Waals surface area contributed by atoms with Gasteiger partial charge in [-0.3, -0.25) is 14.4 Å². The van der Waals surface area contributed by atoms with Crippen LogP contribution in [0, 0.1) is 0 Å². The van der Waals surface area contributed by atoms with E-state index in [1.807, 2.05) is 0 Å². The molecule has 2 N–H and O–H groups in total. The molecule has 22 heavy (non-hydrogen) atoms. The molecule has 2 atom stereocenters. The average Bonchev–Trinajstić information content (AvgIpc) is 2.87. The normalized spacial score (nSPS) is 19.1. The zero-order valence-corrected chi connectivity index (χ0v) is 11.6. The first-order chi connectivity index (χ1) is 10.4. The first-order valence-electron chi connectivity index (χ1n) is 6.60. The molecule has 1 aliphatic rings. The van der Waals surface area contributed by atoms with E-state index in [4.69, 9.17) is 4.42 Å². The molecule has 6 nitrogen and oxygen atoms in total. The van der Waals surface area contributed by atoms with Gasteiger partial charge in [0.25, 0.3) is 0 Å². The zero-order chi connectivity index (χ0) is 16.0. The number of aliphatic carboxylic acids is 2. The summed E-state index contributed by atoms with van der Waals surface area (Å²) in [6.07, 6.45) is 0. The van der Waals surface area contributed by atoms with E-state index in [1.165, 1.54) is 13.0 Å². The third-order valence-corrected chi connectivity index (χ3v) is 3.82. The Kier molecular flexibility index (Phi) is 3.09. The van der Waals surface area contributed by atoms with Crippen molar-refractivity contribution in [3.63, 3.8) is 0 Å². The smallest absolute Gasteiger partial charge is 0.318 e.